The Kier molecular flexibility index (Phi) is 3.34. The summed E-state index contributed by atoms with van der Waals surface area (Å²) in [5.74, 6) is 2.37. The van der Waals surface area contributed by atoms with Crippen LogP contribution in [0.25, 0.3) is 0 Å². The first-order valence-corrected chi connectivity index (χ1v) is 9.01. The number of ketones is 2. The zero-order valence-electron chi connectivity index (χ0n) is 13.4. The van der Waals surface area contributed by atoms with Crippen LogP contribution in [0.3, 0.4) is 0 Å². The molecule has 0 aliphatic heterocycles. The van der Waals surface area contributed by atoms with E-state index < -0.39 is 6.10 Å². The van der Waals surface area contributed by atoms with Gasteiger partial charge in [0.1, 0.15) is 5.78 Å². The van der Waals surface area contributed by atoms with E-state index in [0.29, 0.717) is 42.2 Å². The molecule has 0 amide bonds. The monoisotopic (exact) mass is 302 g/mol. The lowest BCUT2D eigenvalue weighted by Crippen LogP contribution is -2.49. The number of Topliss-reactive ketones (excluding diaryl/α,β-unsaturated/α-hetero) is 1. The third kappa shape index (κ3) is 1.84. The summed E-state index contributed by atoms with van der Waals surface area (Å²) in [7, 11) is 0. The maximum absolute atomic E-state index is 12.6. The van der Waals surface area contributed by atoms with Crippen molar-refractivity contribution in [2.45, 2.75) is 64.4 Å². The van der Waals surface area contributed by atoms with Crippen LogP contribution in [-0.4, -0.2) is 22.8 Å². The van der Waals surface area contributed by atoms with E-state index in [-0.39, 0.29) is 11.3 Å². The molecule has 3 heteroatoms. The molecule has 120 valence electrons. The van der Waals surface area contributed by atoms with Crippen LogP contribution in [0.15, 0.2) is 11.6 Å². The largest absolute Gasteiger partial charge is 0.392 e. The minimum absolute atomic E-state index is 0.169. The van der Waals surface area contributed by atoms with Gasteiger partial charge in [-0.25, -0.2) is 0 Å². The summed E-state index contributed by atoms with van der Waals surface area (Å²) in [6, 6.07) is 0. The van der Waals surface area contributed by atoms with E-state index in [2.05, 4.69) is 6.92 Å². The topological polar surface area (TPSA) is 54.4 Å². The predicted octanol–water partition coefficient (Wildman–Crippen LogP) is 3.06. The van der Waals surface area contributed by atoms with E-state index >= 15 is 0 Å². The van der Waals surface area contributed by atoms with Gasteiger partial charge in [-0.15, -0.1) is 0 Å². The lowest BCUT2D eigenvalue weighted by Gasteiger charge is -2.53. The number of fused-ring (bicyclic) bond motifs is 5. The van der Waals surface area contributed by atoms with Crippen LogP contribution in [0.5, 0.6) is 0 Å². The number of hydrogen-bond donors (Lipinski definition) is 1. The first-order chi connectivity index (χ1) is 10.6. The van der Waals surface area contributed by atoms with Crippen LogP contribution >= 0.6 is 0 Å². The maximum atomic E-state index is 12.6. The number of carbonyl (C=O) groups is 2. The number of carbonyl (C=O) groups excluding carboxylic acids is 2. The van der Waals surface area contributed by atoms with Crippen LogP contribution in [0.2, 0.25) is 0 Å². The van der Waals surface area contributed by atoms with E-state index in [0.717, 1.165) is 38.5 Å². The van der Waals surface area contributed by atoms with Gasteiger partial charge in [0, 0.05) is 24.2 Å². The molecule has 0 aromatic carbocycles. The molecule has 0 spiro atoms. The van der Waals surface area contributed by atoms with Gasteiger partial charge in [-0.2, -0.15) is 0 Å². The lowest BCUT2D eigenvalue weighted by molar-refractivity contribution is -0.134. The smallest absolute Gasteiger partial charge is 0.155 e. The number of aliphatic hydroxyl groups is 1. The van der Waals surface area contributed by atoms with Gasteiger partial charge in [-0.3, -0.25) is 9.59 Å². The Hall–Kier alpha value is -0.960. The standard InChI is InChI=1S/C19H26O3/c1-2-19-8-7-14-13-6-4-12(20)9-11(13)3-5-15(14)18(19)16(21)10-17(19)22/h9,13-16,18,21H,2-8,10H2,1H3/t13-,14+,15+,16-,18+,19+/m0/s1. The third-order valence-electron chi connectivity index (χ3n) is 7.38. The van der Waals surface area contributed by atoms with Gasteiger partial charge in [0.25, 0.3) is 0 Å². The predicted molar refractivity (Wildman–Crippen MR) is 83.1 cm³/mol. The number of hydrogen-bond acceptors (Lipinski definition) is 3. The Balaban J connectivity index is 1.68. The van der Waals surface area contributed by atoms with Crippen molar-refractivity contribution in [1.29, 1.82) is 0 Å². The molecule has 0 saturated heterocycles. The average Bonchev–Trinajstić information content (AvgIpc) is 2.78. The molecule has 3 fully saturated rings. The molecule has 0 aromatic rings. The van der Waals surface area contributed by atoms with Crippen molar-refractivity contribution in [2.75, 3.05) is 0 Å². The highest BCUT2D eigenvalue weighted by atomic mass is 16.3. The summed E-state index contributed by atoms with van der Waals surface area (Å²) in [6.45, 7) is 2.12. The second kappa shape index (κ2) is 5.02. The van der Waals surface area contributed by atoms with Crippen molar-refractivity contribution >= 4 is 11.6 Å². The molecule has 1 N–H and O–H groups in total. The van der Waals surface area contributed by atoms with E-state index in [4.69, 9.17) is 0 Å². The molecule has 4 aliphatic carbocycles. The quantitative estimate of drug-likeness (QED) is 0.810. The Bertz CT molecular complexity index is 549. The molecular weight excluding hydrogens is 276 g/mol. The van der Waals surface area contributed by atoms with Gasteiger partial charge in [-0.05, 0) is 62.4 Å². The molecular formula is C19H26O3. The fraction of sp³-hybridized carbons (Fsp3) is 0.789. The van der Waals surface area contributed by atoms with Gasteiger partial charge < -0.3 is 5.11 Å². The molecule has 3 nitrogen and oxygen atoms in total. The van der Waals surface area contributed by atoms with Crippen LogP contribution in [0, 0.1) is 29.1 Å². The summed E-state index contributed by atoms with van der Waals surface area (Å²) in [5, 5.41) is 10.6. The first kappa shape index (κ1) is 14.6. The zero-order valence-corrected chi connectivity index (χ0v) is 13.4. The number of allylic oxidation sites excluding steroid dienone is 1. The van der Waals surface area contributed by atoms with Crippen LogP contribution in [-0.2, 0) is 9.59 Å². The Morgan fingerprint density at radius 3 is 2.77 bits per heavy atom. The van der Waals surface area contributed by atoms with E-state index in [1.54, 1.807) is 0 Å². The first-order valence-electron chi connectivity index (χ1n) is 9.01. The second-order valence-corrected chi connectivity index (χ2v) is 7.97. The van der Waals surface area contributed by atoms with Crippen LogP contribution in [0.1, 0.15) is 58.3 Å². The SMILES string of the molecule is CC[C@]12CC[C@H]3[C@@H](CCC4=CC(=O)CC[C@@H]43)[C@@H]1[C@@H](O)CC2=O. The molecule has 6 atom stereocenters. The number of rotatable bonds is 1. The minimum atomic E-state index is -0.434. The van der Waals surface area contributed by atoms with Crippen molar-refractivity contribution < 1.29 is 14.7 Å². The highest BCUT2D eigenvalue weighted by Gasteiger charge is 2.60. The molecule has 3 saturated carbocycles. The summed E-state index contributed by atoms with van der Waals surface area (Å²) in [4.78, 5) is 24.2. The van der Waals surface area contributed by atoms with Gasteiger partial charge in [0.05, 0.1) is 6.10 Å². The average molecular weight is 302 g/mol. The fourth-order valence-corrected chi connectivity index (χ4v) is 6.43. The minimum Gasteiger partial charge on any atom is -0.392 e. The van der Waals surface area contributed by atoms with Crippen molar-refractivity contribution in [2.24, 2.45) is 29.1 Å². The molecule has 4 rings (SSSR count). The van der Waals surface area contributed by atoms with Crippen LogP contribution < -0.4 is 0 Å². The molecule has 0 aromatic heterocycles. The summed E-state index contributed by atoms with van der Waals surface area (Å²) >= 11 is 0. The van der Waals surface area contributed by atoms with Crippen molar-refractivity contribution in [1.82, 2.24) is 0 Å². The van der Waals surface area contributed by atoms with Gasteiger partial charge in [0.2, 0.25) is 0 Å². The molecule has 4 aliphatic rings. The molecule has 0 heterocycles. The van der Waals surface area contributed by atoms with Gasteiger partial charge >= 0.3 is 0 Å². The molecule has 22 heavy (non-hydrogen) atoms. The van der Waals surface area contributed by atoms with Gasteiger partial charge in [-0.1, -0.05) is 12.5 Å². The van der Waals surface area contributed by atoms with Crippen molar-refractivity contribution in [3.8, 4) is 0 Å². The Labute approximate surface area is 132 Å². The highest BCUT2D eigenvalue weighted by molar-refractivity contribution is 5.91. The normalized spacial score (nSPS) is 47.5. The Morgan fingerprint density at radius 2 is 2.00 bits per heavy atom. The summed E-state index contributed by atoms with van der Waals surface area (Å²) in [6.07, 6.45) is 8.48. The van der Waals surface area contributed by atoms with Crippen molar-refractivity contribution in [3.05, 3.63) is 11.6 Å². The van der Waals surface area contributed by atoms with E-state index in [9.17, 15) is 14.7 Å². The van der Waals surface area contributed by atoms with Crippen molar-refractivity contribution in [3.63, 3.8) is 0 Å². The maximum Gasteiger partial charge on any atom is 0.155 e. The molecule has 0 radical (unpaired) electrons. The molecule has 0 unspecified atom stereocenters. The third-order valence-corrected chi connectivity index (χ3v) is 7.38. The Morgan fingerprint density at radius 1 is 1.18 bits per heavy atom. The second-order valence-electron chi connectivity index (χ2n) is 7.97. The van der Waals surface area contributed by atoms with E-state index in [1.165, 1.54) is 5.57 Å². The lowest BCUT2D eigenvalue weighted by atomic mass is 9.51. The highest BCUT2D eigenvalue weighted by Crippen LogP contribution is 2.61. The zero-order chi connectivity index (χ0) is 15.5. The van der Waals surface area contributed by atoms with E-state index in [1.807, 2.05) is 6.08 Å². The summed E-state index contributed by atoms with van der Waals surface area (Å²) < 4.78 is 0. The fourth-order valence-electron chi connectivity index (χ4n) is 6.43. The van der Waals surface area contributed by atoms with Gasteiger partial charge in [0.15, 0.2) is 5.78 Å². The van der Waals surface area contributed by atoms with Crippen LogP contribution in [0.4, 0.5) is 0 Å². The summed E-state index contributed by atoms with van der Waals surface area (Å²) in [5.41, 5.74) is 1.12. The molecule has 0 bridgehead atoms. The number of aliphatic hydroxyl groups excluding tert-OH is 1.